The van der Waals surface area contributed by atoms with E-state index in [1.807, 2.05) is 17.8 Å². The van der Waals surface area contributed by atoms with Crippen LogP contribution in [0.15, 0.2) is 18.6 Å². The van der Waals surface area contributed by atoms with Crippen molar-refractivity contribution >= 4 is 6.29 Å². The number of aromatic nitrogens is 4. The average Bonchev–Trinajstić information content (AvgIpc) is 2.89. The van der Waals surface area contributed by atoms with Crippen molar-refractivity contribution in [3.8, 4) is 5.82 Å². The van der Waals surface area contributed by atoms with Gasteiger partial charge >= 0.3 is 0 Å². The molecule has 0 aliphatic heterocycles. The van der Waals surface area contributed by atoms with Gasteiger partial charge in [-0.2, -0.15) is 5.10 Å². The Morgan fingerprint density at radius 3 is 3.00 bits per heavy atom. The van der Waals surface area contributed by atoms with Gasteiger partial charge in [-0.3, -0.25) is 14.0 Å². The molecule has 1 fully saturated rings. The van der Waals surface area contributed by atoms with E-state index in [1.54, 1.807) is 17.1 Å². The SMILES string of the molecule is Cn1cc(C=O)c(-n2ccnc2C2CC2)n1. The zero-order chi connectivity index (χ0) is 11.1. The number of nitrogens with zero attached hydrogens (tertiary/aromatic N) is 4. The first kappa shape index (κ1) is 9.33. The molecular formula is C11H12N4O. The lowest BCUT2D eigenvalue weighted by Crippen LogP contribution is -2.02. The molecule has 2 aromatic heterocycles. The Kier molecular flexibility index (Phi) is 1.92. The van der Waals surface area contributed by atoms with Crippen molar-refractivity contribution < 1.29 is 4.79 Å². The lowest BCUT2D eigenvalue weighted by Gasteiger charge is -2.03. The van der Waals surface area contributed by atoms with Crippen LogP contribution in [0.4, 0.5) is 0 Å². The summed E-state index contributed by atoms with van der Waals surface area (Å²) in [5, 5.41) is 4.30. The molecule has 0 aromatic carbocycles. The van der Waals surface area contributed by atoms with Gasteiger partial charge < -0.3 is 0 Å². The van der Waals surface area contributed by atoms with E-state index in [9.17, 15) is 4.79 Å². The molecule has 0 atom stereocenters. The van der Waals surface area contributed by atoms with Crippen LogP contribution in [-0.2, 0) is 7.05 Å². The maximum atomic E-state index is 10.9. The molecule has 0 amide bonds. The monoisotopic (exact) mass is 216 g/mol. The summed E-state index contributed by atoms with van der Waals surface area (Å²) in [5.74, 6) is 2.23. The van der Waals surface area contributed by atoms with Crippen molar-refractivity contribution in [3.63, 3.8) is 0 Å². The standard InChI is InChI=1S/C11H12N4O/c1-14-6-9(7-16)11(13-14)15-5-4-12-10(15)8-2-3-8/h4-8H,2-3H2,1H3. The highest BCUT2D eigenvalue weighted by Crippen LogP contribution is 2.39. The van der Waals surface area contributed by atoms with Gasteiger partial charge in [0.2, 0.25) is 0 Å². The molecule has 0 saturated heterocycles. The van der Waals surface area contributed by atoms with E-state index in [0.29, 0.717) is 17.3 Å². The smallest absolute Gasteiger partial charge is 0.170 e. The molecule has 0 bridgehead atoms. The number of carbonyl (C=O) groups excluding carboxylic acids is 1. The molecule has 3 rings (SSSR count). The molecule has 0 N–H and O–H groups in total. The third-order valence-electron chi connectivity index (χ3n) is 2.80. The maximum absolute atomic E-state index is 10.9. The van der Waals surface area contributed by atoms with Gasteiger partial charge in [-0.25, -0.2) is 4.98 Å². The summed E-state index contributed by atoms with van der Waals surface area (Å²) in [4.78, 5) is 15.3. The van der Waals surface area contributed by atoms with Crippen molar-refractivity contribution in [2.24, 2.45) is 7.05 Å². The van der Waals surface area contributed by atoms with E-state index in [4.69, 9.17) is 0 Å². The second-order valence-corrected chi connectivity index (χ2v) is 4.13. The fourth-order valence-electron chi connectivity index (χ4n) is 1.90. The molecule has 1 saturated carbocycles. The van der Waals surface area contributed by atoms with E-state index < -0.39 is 0 Å². The van der Waals surface area contributed by atoms with Crippen molar-refractivity contribution in [2.45, 2.75) is 18.8 Å². The number of hydrogen-bond donors (Lipinski definition) is 0. The Labute approximate surface area is 92.7 Å². The van der Waals surface area contributed by atoms with Crippen LogP contribution in [-0.4, -0.2) is 25.6 Å². The minimum atomic E-state index is 0.538. The van der Waals surface area contributed by atoms with Gasteiger partial charge in [0, 0.05) is 31.6 Å². The van der Waals surface area contributed by atoms with Gasteiger partial charge in [-0.15, -0.1) is 0 Å². The van der Waals surface area contributed by atoms with Gasteiger partial charge in [-0.1, -0.05) is 0 Å². The number of rotatable bonds is 3. The Morgan fingerprint density at radius 2 is 2.31 bits per heavy atom. The van der Waals surface area contributed by atoms with Crippen molar-refractivity contribution in [3.05, 3.63) is 30.0 Å². The van der Waals surface area contributed by atoms with Crippen molar-refractivity contribution in [2.75, 3.05) is 0 Å². The zero-order valence-electron chi connectivity index (χ0n) is 9.00. The second kappa shape index (κ2) is 3.30. The summed E-state index contributed by atoms with van der Waals surface area (Å²) < 4.78 is 3.57. The summed E-state index contributed by atoms with van der Waals surface area (Å²) in [5.41, 5.74) is 0.599. The van der Waals surface area contributed by atoms with E-state index in [2.05, 4.69) is 10.1 Å². The number of aldehydes is 1. The fourth-order valence-corrected chi connectivity index (χ4v) is 1.90. The lowest BCUT2D eigenvalue weighted by molar-refractivity contribution is 0.112. The normalized spacial score (nSPS) is 15.3. The first-order chi connectivity index (χ1) is 7.79. The zero-order valence-corrected chi connectivity index (χ0v) is 9.00. The molecule has 2 aromatic rings. The van der Waals surface area contributed by atoms with Gasteiger partial charge in [0.05, 0.1) is 5.56 Å². The largest absolute Gasteiger partial charge is 0.298 e. The van der Waals surface area contributed by atoms with Gasteiger partial charge in [-0.05, 0) is 12.8 Å². The lowest BCUT2D eigenvalue weighted by atomic mass is 10.3. The molecule has 0 radical (unpaired) electrons. The highest BCUT2D eigenvalue weighted by molar-refractivity contribution is 5.79. The molecule has 5 nitrogen and oxygen atoms in total. The van der Waals surface area contributed by atoms with Crippen molar-refractivity contribution in [1.82, 2.24) is 19.3 Å². The van der Waals surface area contributed by atoms with E-state index in [0.717, 1.165) is 12.1 Å². The van der Waals surface area contributed by atoms with Crippen LogP contribution >= 0.6 is 0 Å². The van der Waals surface area contributed by atoms with Crippen LogP contribution in [0.2, 0.25) is 0 Å². The molecular weight excluding hydrogens is 204 g/mol. The first-order valence-corrected chi connectivity index (χ1v) is 5.32. The second-order valence-electron chi connectivity index (χ2n) is 4.13. The molecule has 82 valence electrons. The minimum absolute atomic E-state index is 0.538. The van der Waals surface area contributed by atoms with Crippen molar-refractivity contribution in [1.29, 1.82) is 0 Å². The molecule has 0 spiro atoms. The van der Waals surface area contributed by atoms with Crippen LogP contribution in [0.1, 0.15) is 34.9 Å². The van der Waals surface area contributed by atoms with Gasteiger partial charge in [0.15, 0.2) is 12.1 Å². The van der Waals surface area contributed by atoms with Crippen LogP contribution in [0.3, 0.4) is 0 Å². The highest BCUT2D eigenvalue weighted by Gasteiger charge is 2.29. The van der Waals surface area contributed by atoms with Crippen LogP contribution < -0.4 is 0 Å². The van der Waals surface area contributed by atoms with E-state index in [1.165, 1.54) is 12.8 Å². The topological polar surface area (TPSA) is 52.7 Å². The Hall–Kier alpha value is -1.91. The van der Waals surface area contributed by atoms with Gasteiger partial charge in [0.25, 0.3) is 0 Å². The van der Waals surface area contributed by atoms with E-state index >= 15 is 0 Å². The quantitative estimate of drug-likeness (QED) is 0.726. The summed E-state index contributed by atoms with van der Waals surface area (Å²) in [6.45, 7) is 0. The number of imidazole rings is 1. The van der Waals surface area contributed by atoms with Crippen LogP contribution in [0, 0.1) is 0 Å². The van der Waals surface area contributed by atoms with Crippen LogP contribution in [0.5, 0.6) is 0 Å². The predicted octanol–water partition coefficient (Wildman–Crippen LogP) is 1.30. The minimum Gasteiger partial charge on any atom is -0.298 e. The number of aryl methyl sites for hydroxylation is 1. The molecule has 1 aliphatic rings. The maximum Gasteiger partial charge on any atom is 0.170 e. The Bertz CT molecular complexity index is 536. The Morgan fingerprint density at radius 1 is 1.50 bits per heavy atom. The summed E-state index contributed by atoms with van der Waals surface area (Å²) >= 11 is 0. The summed E-state index contributed by atoms with van der Waals surface area (Å²) in [7, 11) is 1.81. The highest BCUT2D eigenvalue weighted by atomic mass is 16.1. The number of carbonyl (C=O) groups is 1. The number of hydrogen-bond acceptors (Lipinski definition) is 3. The average molecular weight is 216 g/mol. The summed E-state index contributed by atoms with van der Waals surface area (Å²) in [6, 6.07) is 0. The third kappa shape index (κ3) is 1.36. The molecule has 5 heteroatoms. The Balaban J connectivity index is 2.13. The van der Waals surface area contributed by atoms with E-state index in [-0.39, 0.29) is 0 Å². The molecule has 1 aliphatic carbocycles. The van der Waals surface area contributed by atoms with Crippen LogP contribution in [0.25, 0.3) is 5.82 Å². The summed E-state index contributed by atoms with van der Waals surface area (Å²) in [6.07, 6.45) is 8.54. The molecule has 16 heavy (non-hydrogen) atoms. The fraction of sp³-hybridized carbons (Fsp3) is 0.364. The van der Waals surface area contributed by atoms with Gasteiger partial charge in [0.1, 0.15) is 5.82 Å². The first-order valence-electron chi connectivity index (χ1n) is 5.32. The molecule has 0 unspecified atom stereocenters. The predicted molar refractivity (Wildman–Crippen MR) is 57.7 cm³/mol. The molecule has 2 heterocycles. The third-order valence-corrected chi connectivity index (χ3v) is 2.80.